The Labute approximate surface area is 280 Å². The van der Waals surface area contributed by atoms with Crippen LogP contribution in [0.5, 0.6) is 0 Å². The summed E-state index contributed by atoms with van der Waals surface area (Å²) in [5.74, 6) is 1.45. The number of rotatable bonds is 10. The third kappa shape index (κ3) is 8.29. The van der Waals surface area contributed by atoms with Crippen molar-refractivity contribution in [2.45, 2.75) is 27.7 Å². The van der Waals surface area contributed by atoms with E-state index < -0.39 is 13.7 Å². The van der Waals surface area contributed by atoms with Gasteiger partial charge in [0.1, 0.15) is 17.5 Å². The molecule has 3 heterocycles. The van der Waals surface area contributed by atoms with Gasteiger partial charge in [0.25, 0.3) is 0 Å². The van der Waals surface area contributed by atoms with Crippen LogP contribution in [0.3, 0.4) is 0 Å². The summed E-state index contributed by atoms with van der Waals surface area (Å²) in [5.41, 5.74) is 1.27. The van der Waals surface area contributed by atoms with Gasteiger partial charge in [-0.05, 0) is 33.8 Å². The summed E-state index contributed by atoms with van der Waals surface area (Å²) in [5, 5.41) is 8.27. The Balaban J connectivity index is 0.00000420. The Hall–Kier alpha value is -0.964. The van der Waals surface area contributed by atoms with Crippen LogP contribution in [0.15, 0.2) is 30.5 Å². The van der Waals surface area contributed by atoms with Gasteiger partial charge in [0.15, 0.2) is 5.13 Å². The number of para-hydroxylation sites is 1. The number of nitrogens with zero attached hydrogens (tertiary/aromatic N) is 6. The number of piperazine rings is 1. The van der Waals surface area contributed by atoms with Crippen LogP contribution < -0.4 is 61.6 Å². The molecule has 1 aliphatic heterocycles. The largest absolute Gasteiger partial charge is 1.00 e. The van der Waals surface area contributed by atoms with E-state index in [0.29, 0.717) is 71.8 Å². The number of benzene rings is 1. The van der Waals surface area contributed by atoms with Gasteiger partial charge in [-0.2, -0.15) is 0 Å². The topological polar surface area (TPSA) is 124 Å². The average Bonchev–Trinajstić information content (AvgIpc) is 3.35. The number of thiazole rings is 1. The van der Waals surface area contributed by atoms with Gasteiger partial charge in [0.2, 0.25) is 0 Å². The number of aromatic nitrogens is 3. The van der Waals surface area contributed by atoms with Crippen LogP contribution in [0.4, 0.5) is 22.5 Å². The molecule has 3 aromatic rings. The third-order valence-corrected chi connectivity index (χ3v) is 9.16. The first-order valence-corrected chi connectivity index (χ1v) is 14.9. The molecule has 0 spiro atoms. The van der Waals surface area contributed by atoms with Crippen LogP contribution in [0, 0.1) is 13.8 Å². The van der Waals surface area contributed by atoms with Crippen LogP contribution in [0.25, 0.3) is 5.32 Å². The molecule has 1 amide bonds. The minimum absolute atomic E-state index is 0. The molecule has 15 heteroatoms. The zero-order valence-corrected chi connectivity index (χ0v) is 28.3. The molecular weight excluding hydrogens is 588 g/mol. The van der Waals surface area contributed by atoms with E-state index in [1.165, 1.54) is 17.5 Å². The summed E-state index contributed by atoms with van der Waals surface area (Å²) in [4.78, 5) is 28.6. The fraction of sp³-hybridized carbons (Fsp3) is 0.417. The van der Waals surface area contributed by atoms with E-state index in [0.717, 1.165) is 11.4 Å². The van der Waals surface area contributed by atoms with Crippen molar-refractivity contribution in [3.63, 3.8) is 0 Å². The van der Waals surface area contributed by atoms with Crippen molar-refractivity contribution in [2.75, 3.05) is 49.6 Å². The zero-order valence-electron chi connectivity index (χ0n) is 22.7. The second kappa shape index (κ2) is 14.8. The summed E-state index contributed by atoms with van der Waals surface area (Å²) < 4.78 is 25.8. The van der Waals surface area contributed by atoms with E-state index >= 15 is 0 Å². The minimum atomic E-state index is -3.30. The van der Waals surface area contributed by atoms with Crippen molar-refractivity contribution in [1.82, 2.24) is 19.6 Å². The van der Waals surface area contributed by atoms with Crippen LogP contribution >= 0.6 is 30.7 Å². The van der Waals surface area contributed by atoms with E-state index in [1.807, 2.05) is 32.0 Å². The van der Waals surface area contributed by atoms with Crippen molar-refractivity contribution < 1.29 is 69.8 Å². The van der Waals surface area contributed by atoms with E-state index in [2.05, 4.69) is 30.5 Å². The van der Waals surface area contributed by atoms with Gasteiger partial charge >= 0.3 is 59.1 Å². The summed E-state index contributed by atoms with van der Waals surface area (Å²) in [6.07, 6.45) is 1.48. The molecule has 2 aromatic heterocycles. The maximum absolute atomic E-state index is 13.1. The van der Waals surface area contributed by atoms with Gasteiger partial charge in [-0.1, -0.05) is 40.6 Å². The molecule has 0 aliphatic carbocycles. The molecule has 0 saturated carbocycles. The fourth-order valence-corrected chi connectivity index (χ4v) is 6.63. The van der Waals surface area contributed by atoms with Gasteiger partial charge < -0.3 is 20.3 Å². The summed E-state index contributed by atoms with van der Waals surface area (Å²) >= 11 is 7.39. The number of nitrogens with one attached hydrogen (secondary N) is 1. The second-order valence-corrected chi connectivity index (χ2v) is 11.8. The molecule has 1 saturated heterocycles. The molecule has 11 nitrogen and oxygen atoms in total. The van der Waals surface area contributed by atoms with Crippen LogP contribution in [0.2, 0.25) is 5.02 Å². The van der Waals surface area contributed by atoms with Crippen molar-refractivity contribution in [3.05, 3.63) is 57.1 Å². The molecule has 204 valence electrons. The Morgan fingerprint density at radius 3 is 2.49 bits per heavy atom. The Kier molecular flexibility index (Phi) is 12.3. The molecule has 4 rings (SSSR count). The Morgan fingerprint density at radius 1 is 1.15 bits per heavy atom. The number of hydrogen-bond donors (Lipinski definition) is 1. The summed E-state index contributed by atoms with van der Waals surface area (Å²) in [7, 11) is -3.30. The Morgan fingerprint density at radius 2 is 1.85 bits per heavy atom. The van der Waals surface area contributed by atoms with E-state index in [4.69, 9.17) is 20.6 Å². The van der Waals surface area contributed by atoms with Gasteiger partial charge in [-0.25, -0.2) is 24.2 Å². The first kappa shape index (κ1) is 32.5. The summed E-state index contributed by atoms with van der Waals surface area (Å²) in [6, 6.07) is 7.19. The number of aryl methyl sites for hydroxylation is 2. The maximum atomic E-state index is 13.1. The van der Waals surface area contributed by atoms with Crippen molar-refractivity contribution in [3.8, 4) is 0 Å². The smallest absolute Gasteiger partial charge is 0.621 e. The number of amides is 1. The normalized spacial score (nSPS) is 14.1. The van der Waals surface area contributed by atoms with Crippen molar-refractivity contribution in [2.24, 2.45) is 0 Å². The molecule has 0 bridgehead atoms. The number of carbonyl (C=O) groups is 1. The molecule has 0 atom stereocenters. The van der Waals surface area contributed by atoms with Gasteiger partial charge in [-0.15, -0.1) is 5.69 Å². The van der Waals surface area contributed by atoms with E-state index in [1.54, 1.807) is 24.6 Å². The average molecular weight is 618 g/mol. The molecule has 1 fully saturated rings. The summed E-state index contributed by atoms with van der Waals surface area (Å²) in [6.45, 7) is 10.1. The first-order chi connectivity index (χ1) is 18.2. The predicted molar refractivity (Wildman–Crippen MR) is 150 cm³/mol. The number of carbonyl (C=O) groups excluding carboxylic acids is 1. The fourth-order valence-electron chi connectivity index (χ4n) is 3.94. The van der Waals surface area contributed by atoms with Crippen molar-refractivity contribution in [1.29, 1.82) is 0 Å². The minimum Gasteiger partial charge on any atom is -0.621 e. The van der Waals surface area contributed by atoms with Gasteiger partial charge in [0.05, 0.1) is 24.0 Å². The third-order valence-electron chi connectivity index (χ3n) is 5.69. The standard InChI is InChI=1S/C24H31ClN7O4PS.K/c1-5-35-37(34,36-6-2)32-12-10-31(11-13-32)21-14-20(27-17(4)28-21)29-24-26-15-19(38-24)23(33)30-22-16(3)8-7-9-18(22)25;/h7-9,14-15H,5-6,10-13H2,1-4H3,(H2,26,27,28,29,30,33);/q;+1/p-1. The van der Waals surface area contributed by atoms with Gasteiger partial charge in [0, 0.05) is 43.5 Å². The number of hydrogen-bond acceptors (Lipinski definition) is 10. The molecular formula is C24H30ClKN7O4PS. The predicted octanol–water partition coefficient (Wildman–Crippen LogP) is 3.10. The van der Waals surface area contributed by atoms with Crippen LogP contribution in [-0.4, -0.2) is 64.9 Å². The van der Waals surface area contributed by atoms with E-state index in [9.17, 15) is 9.36 Å². The van der Waals surface area contributed by atoms with E-state index in [-0.39, 0.29) is 51.4 Å². The molecule has 1 aliphatic rings. The number of halogens is 1. The molecule has 0 radical (unpaired) electrons. The molecule has 0 unspecified atom stereocenters. The first-order valence-electron chi connectivity index (χ1n) is 12.2. The molecule has 39 heavy (non-hydrogen) atoms. The maximum Gasteiger partial charge on any atom is 1.00 e. The van der Waals surface area contributed by atoms with Crippen molar-refractivity contribution >= 4 is 59.0 Å². The number of anilines is 3. The molecule has 1 N–H and O–H groups in total. The zero-order chi connectivity index (χ0) is 27.3. The monoisotopic (exact) mass is 617 g/mol. The SMILES string of the molecule is CCOP(=O)(OCC)N1CCN(c2cc(Nc3ncc(C(=O)[N-]c4c(C)cccc4Cl)s3)nc(C)n2)CC1.[K+]. The quantitative estimate of drug-likeness (QED) is 0.268. The van der Waals surface area contributed by atoms with Crippen LogP contribution in [-0.2, 0) is 13.6 Å². The second-order valence-electron chi connectivity index (χ2n) is 8.38. The Bertz CT molecular complexity index is 1310. The van der Waals surface area contributed by atoms with Crippen LogP contribution in [0.1, 0.15) is 34.9 Å². The van der Waals surface area contributed by atoms with Gasteiger partial charge in [-0.3, -0.25) is 9.05 Å². The molecule has 1 aromatic carbocycles.